The maximum atomic E-state index is 10.6. The molecule has 0 amide bonds. The van der Waals surface area contributed by atoms with Crippen molar-refractivity contribution in [2.45, 2.75) is 99.0 Å². The highest BCUT2D eigenvalue weighted by molar-refractivity contribution is 4.95. The second kappa shape index (κ2) is 11.0. The second-order valence-electron chi connectivity index (χ2n) is 8.32. The van der Waals surface area contributed by atoms with E-state index in [0.717, 1.165) is 0 Å². The molecule has 0 radical (unpaired) electrons. The van der Waals surface area contributed by atoms with E-state index in [2.05, 4.69) is 0 Å². The molecule has 0 aromatic heterocycles. The van der Waals surface area contributed by atoms with Gasteiger partial charge in [-0.3, -0.25) is 0 Å². The average Bonchev–Trinajstić information content (AvgIpc) is 2.80. The molecule has 0 aromatic carbocycles. The Labute approximate surface area is 187 Å². The van der Waals surface area contributed by atoms with E-state index < -0.39 is 105 Å². The third kappa shape index (κ3) is 5.32. The fourth-order valence-corrected chi connectivity index (χ4v) is 3.98. The van der Waals surface area contributed by atoms with Crippen LogP contribution in [0.3, 0.4) is 0 Å². The fourth-order valence-electron chi connectivity index (χ4n) is 3.98. The van der Waals surface area contributed by atoms with Crippen LogP contribution in [0.5, 0.6) is 0 Å². The smallest absolute Gasteiger partial charge is 0.187 e. The molecule has 3 aliphatic rings. The number of rotatable bonds is 6. The van der Waals surface area contributed by atoms with Crippen molar-refractivity contribution in [3.8, 4) is 0 Å². The number of aliphatic hydroxyl groups excluding tert-OH is 10. The van der Waals surface area contributed by atoms with Crippen LogP contribution in [0.25, 0.3) is 0 Å². The average molecular weight is 488 g/mol. The van der Waals surface area contributed by atoms with Gasteiger partial charge in [-0.15, -0.1) is 0 Å². The van der Waals surface area contributed by atoms with E-state index in [1.165, 1.54) is 6.92 Å². The second-order valence-corrected chi connectivity index (χ2v) is 8.32. The standard InChI is InChI=1S/C18H32O15/c1-4-7(21)9(23)13(27)17(29-4)33-15-10(24)8(22)5(2-19)31-18(15)32-14-6(3-20)30-16(28)12(26)11(14)25/h4-28H,2-3H2,1H3/t4?,5?,6?,7-,8+,9?,10?,11?,12?,13?,14-,15?,16?,17+,18+/m1/s1. The molecule has 194 valence electrons. The molecule has 0 saturated carbocycles. The van der Waals surface area contributed by atoms with Crippen LogP contribution in [-0.4, -0.2) is 156 Å². The number of hydrogen-bond acceptors (Lipinski definition) is 15. The lowest BCUT2D eigenvalue weighted by molar-refractivity contribution is -0.385. The molecular formula is C18H32O15. The van der Waals surface area contributed by atoms with Gasteiger partial charge in [-0.05, 0) is 6.92 Å². The van der Waals surface area contributed by atoms with E-state index in [1.54, 1.807) is 0 Å². The van der Waals surface area contributed by atoms with Crippen molar-refractivity contribution in [3.63, 3.8) is 0 Å². The summed E-state index contributed by atoms with van der Waals surface area (Å²) in [7, 11) is 0. The molecule has 3 aliphatic heterocycles. The first-order chi connectivity index (χ1) is 15.5. The predicted octanol–water partition coefficient (Wildman–Crippen LogP) is -6.55. The Balaban J connectivity index is 1.83. The molecule has 0 spiro atoms. The number of ether oxygens (including phenoxy) is 5. The third-order valence-electron chi connectivity index (χ3n) is 6.05. The summed E-state index contributed by atoms with van der Waals surface area (Å²) >= 11 is 0. The first-order valence-corrected chi connectivity index (χ1v) is 10.4. The lowest BCUT2D eigenvalue weighted by Crippen LogP contribution is -2.66. The quantitative estimate of drug-likeness (QED) is 0.167. The van der Waals surface area contributed by atoms with Crippen molar-refractivity contribution in [2.24, 2.45) is 0 Å². The molecule has 3 saturated heterocycles. The maximum absolute atomic E-state index is 10.6. The van der Waals surface area contributed by atoms with E-state index in [1.807, 2.05) is 0 Å². The van der Waals surface area contributed by atoms with E-state index >= 15 is 0 Å². The fraction of sp³-hybridized carbons (Fsp3) is 1.00. The number of hydrogen-bond donors (Lipinski definition) is 10. The topological polar surface area (TPSA) is 248 Å². The highest BCUT2D eigenvalue weighted by Gasteiger charge is 2.53. The van der Waals surface area contributed by atoms with E-state index in [9.17, 15) is 51.1 Å². The molecule has 3 heterocycles. The van der Waals surface area contributed by atoms with Gasteiger partial charge in [-0.1, -0.05) is 0 Å². The summed E-state index contributed by atoms with van der Waals surface area (Å²) in [5.41, 5.74) is 0. The predicted molar refractivity (Wildman–Crippen MR) is 99.8 cm³/mol. The lowest BCUT2D eigenvalue weighted by Gasteiger charge is -2.48. The van der Waals surface area contributed by atoms with Gasteiger partial charge in [0.25, 0.3) is 0 Å². The van der Waals surface area contributed by atoms with Crippen molar-refractivity contribution >= 4 is 0 Å². The highest BCUT2D eigenvalue weighted by Crippen LogP contribution is 2.32. The Morgan fingerprint density at radius 2 is 1.12 bits per heavy atom. The van der Waals surface area contributed by atoms with Gasteiger partial charge < -0.3 is 74.7 Å². The van der Waals surface area contributed by atoms with Crippen LogP contribution in [-0.2, 0) is 23.7 Å². The molecule has 15 nitrogen and oxygen atoms in total. The maximum Gasteiger partial charge on any atom is 0.187 e. The van der Waals surface area contributed by atoms with Gasteiger partial charge >= 0.3 is 0 Å². The summed E-state index contributed by atoms with van der Waals surface area (Å²) in [5, 5.41) is 99.8. The van der Waals surface area contributed by atoms with Crippen LogP contribution in [0, 0.1) is 0 Å². The molecule has 15 atom stereocenters. The molecule has 15 heteroatoms. The van der Waals surface area contributed by atoms with Gasteiger partial charge in [0.05, 0.1) is 19.3 Å². The van der Waals surface area contributed by atoms with Gasteiger partial charge in [-0.25, -0.2) is 0 Å². The molecule has 10 N–H and O–H groups in total. The summed E-state index contributed by atoms with van der Waals surface area (Å²) in [6, 6.07) is 0. The Morgan fingerprint density at radius 3 is 1.73 bits per heavy atom. The summed E-state index contributed by atoms with van der Waals surface area (Å²) in [4.78, 5) is 0. The SMILES string of the molecule is CC1O[C@@H](OC2C(O)[C@@H](O)C(CO)O[C@H]2O[C@@H]2C(CO)OC(O)C(O)C2O)C(O)C(O)[C@@H]1O. The zero-order chi connectivity index (χ0) is 24.6. The molecular weight excluding hydrogens is 456 g/mol. The molecule has 33 heavy (non-hydrogen) atoms. The minimum absolute atomic E-state index is 0.760. The lowest BCUT2D eigenvalue weighted by atomic mass is 9.96. The van der Waals surface area contributed by atoms with E-state index in [-0.39, 0.29) is 0 Å². The zero-order valence-corrected chi connectivity index (χ0v) is 17.6. The van der Waals surface area contributed by atoms with Crippen molar-refractivity contribution in [2.75, 3.05) is 13.2 Å². The van der Waals surface area contributed by atoms with Crippen LogP contribution < -0.4 is 0 Å². The highest BCUT2D eigenvalue weighted by atomic mass is 16.8. The number of aliphatic hydroxyl groups is 10. The van der Waals surface area contributed by atoms with Crippen molar-refractivity contribution in [1.82, 2.24) is 0 Å². The van der Waals surface area contributed by atoms with Crippen molar-refractivity contribution in [1.29, 1.82) is 0 Å². The molecule has 3 rings (SSSR count). The van der Waals surface area contributed by atoms with E-state index in [0.29, 0.717) is 0 Å². The van der Waals surface area contributed by atoms with Crippen molar-refractivity contribution < 1.29 is 74.7 Å². The van der Waals surface area contributed by atoms with Crippen LogP contribution in [0.2, 0.25) is 0 Å². The van der Waals surface area contributed by atoms with Crippen LogP contribution >= 0.6 is 0 Å². The van der Waals surface area contributed by atoms with Crippen LogP contribution in [0.1, 0.15) is 6.92 Å². The van der Waals surface area contributed by atoms with Crippen LogP contribution in [0.15, 0.2) is 0 Å². The summed E-state index contributed by atoms with van der Waals surface area (Å²) in [6.45, 7) is -0.128. The molecule has 0 bridgehead atoms. The monoisotopic (exact) mass is 488 g/mol. The summed E-state index contributed by atoms with van der Waals surface area (Å²) in [6.07, 6.45) is -24.1. The Bertz CT molecular complexity index is 624. The van der Waals surface area contributed by atoms with Gasteiger partial charge in [0.2, 0.25) is 0 Å². The zero-order valence-electron chi connectivity index (χ0n) is 17.6. The summed E-state index contributed by atoms with van der Waals surface area (Å²) in [5.74, 6) is 0. The van der Waals surface area contributed by atoms with E-state index in [4.69, 9.17) is 23.7 Å². The van der Waals surface area contributed by atoms with Crippen LogP contribution in [0.4, 0.5) is 0 Å². The molecule has 0 aromatic rings. The Hall–Kier alpha value is -0.600. The Morgan fingerprint density at radius 1 is 0.545 bits per heavy atom. The minimum Gasteiger partial charge on any atom is -0.394 e. The first-order valence-electron chi connectivity index (χ1n) is 10.4. The van der Waals surface area contributed by atoms with Gasteiger partial charge in [0.1, 0.15) is 67.1 Å². The largest absolute Gasteiger partial charge is 0.394 e. The molecule has 0 aliphatic carbocycles. The molecule has 3 fully saturated rings. The minimum atomic E-state index is -1.83. The normalized spacial score (nSPS) is 53.7. The third-order valence-corrected chi connectivity index (χ3v) is 6.05. The van der Waals surface area contributed by atoms with Gasteiger partial charge in [-0.2, -0.15) is 0 Å². The van der Waals surface area contributed by atoms with Gasteiger partial charge in [0.15, 0.2) is 18.9 Å². The van der Waals surface area contributed by atoms with Crippen molar-refractivity contribution in [3.05, 3.63) is 0 Å². The first kappa shape index (κ1) is 27.0. The molecule has 10 unspecified atom stereocenters. The Kier molecular flexibility index (Phi) is 8.99. The summed E-state index contributed by atoms with van der Waals surface area (Å²) < 4.78 is 26.9. The van der Waals surface area contributed by atoms with Gasteiger partial charge in [0, 0.05) is 0 Å².